The summed E-state index contributed by atoms with van der Waals surface area (Å²) in [6, 6.07) is 6.61. The Morgan fingerprint density at radius 3 is 2.74 bits per heavy atom. The van der Waals surface area contributed by atoms with Crippen molar-refractivity contribution in [2.24, 2.45) is 5.73 Å². The first-order valence-electron chi connectivity index (χ1n) is 8.40. The molecule has 1 aliphatic carbocycles. The Balaban J connectivity index is 2.01. The fourth-order valence-electron chi connectivity index (χ4n) is 2.80. The van der Waals surface area contributed by atoms with E-state index >= 15 is 0 Å². The summed E-state index contributed by atoms with van der Waals surface area (Å²) in [5.41, 5.74) is 6.49. The molecule has 0 saturated heterocycles. The molecule has 1 aromatic heterocycles. The smallest absolute Gasteiger partial charge is 0.309 e. The number of benzene rings is 1. The van der Waals surface area contributed by atoms with Crippen LogP contribution in [0.1, 0.15) is 41.2 Å². The number of allylic oxidation sites excluding steroid dienone is 1. The van der Waals surface area contributed by atoms with Gasteiger partial charge in [-0.25, -0.2) is 0 Å². The largest absolute Gasteiger partial charge is 0.403 e. The number of hydrogen-bond acceptors (Lipinski definition) is 6. The lowest BCUT2D eigenvalue weighted by molar-refractivity contribution is 0.103. The molecule has 0 unspecified atom stereocenters. The van der Waals surface area contributed by atoms with Crippen LogP contribution in [-0.4, -0.2) is 31.6 Å². The summed E-state index contributed by atoms with van der Waals surface area (Å²) < 4.78 is 41.6. The molecule has 1 fully saturated rings. The molecule has 2 aromatic rings. The standard InChI is InChI=1S/C18H18FN3O4S/c19-4-1-5-27(24,25)26-17-8-15-12(6-14(17)11-2-3-11)7-16(22-15)18(23)13(9-20)10-21/h6-9,11,22H,1-5,20H2/b13-9+. The quantitative estimate of drug-likeness (QED) is 0.308. The minimum absolute atomic E-state index is 0.132. The number of fused-ring (bicyclic) bond motifs is 1. The highest BCUT2D eigenvalue weighted by molar-refractivity contribution is 7.87. The lowest BCUT2D eigenvalue weighted by Gasteiger charge is -2.11. The molecule has 0 spiro atoms. The summed E-state index contributed by atoms with van der Waals surface area (Å²) in [6.07, 6.45) is 2.64. The van der Waals surface area contributed by atoms with Gasteiger partial charge in [-0.1, -0.05) is 0 Å². The van der Waals surface area contributed by atoms with Gasteiger partial charge in [0.1, 0.15) is 17.4 Å². The fraction of sp³-hybridized carbons (Fsp3) is 0.333. The number of nitrogens with two attached hydrogens (primary N) is 1. The van der Waals surface area contributed by atoms with Crippen LogP contribution < -0.4 is 9.92 Å². The summed E-state index contributed by atoms with van der Waals surface area (Å²) in [7, 11) is -3.91. The number of alkyl halides is 1. The predicted octanol–water partition coefficient (Wildman–Crippen LogP) is 2.66. The molecule has 27 heavy (non-hydrogen) atoms. The molecule has 1 heterocycles. The number of hydrogen-bond donors (Lipinski definition) is 2. The van der Waals surface area contributed by atoms with Gasteiger partial charge < -0.3 is 14.9 Å². The van der Waals surface area contributed by atoms with Gasteiger partial charge in [0.15, 0.2) is 0 Å². The van der Waals surface area contributed by atoms with Crippen molar-refractivity contribution >= 4 is 26.8 Å². The molecule has 9 heteroatoms. The second kappa shape index (κ2) is 7.40. The first-order chi connectivity index (χ1) is 12.9. The number of halogens is 1. The van der Waals surface area contributed by atoms with Gasteiger partial charge in [0.25, 0.3) is 0 Å². The number of ketones is 1. The Morgan fingerprint density at radius 1 is 1.41 bits per heavy atom. The Bertz CT molecular complexity index is 1060. The fourth-order valence-corrected chi connectivity index (χ4v) is 3.77. The molecule has 7 nitrogen and oxygen atoms in total. The molecule has 142 valence electrons. The number of carbonyl (C=O) groups is 1. The van der Waals surface area contributed by atoms with Gasteiger partial charge in [0.2, 0.25) is 5.78 Å². The van der Waals surface area contributed by atoms with Crippen molar-refractivity contribution in [3.8, 4) is 11.8 Å². The number of H-pyrrole nitrogens is 1. The third-order valence-electron chi connectivity index (χ3n) is 4.29. The Hall–Kier alpha value is -2.86. The van der Waals surface area contributed by atoms with Gasteiger partial charge in [0.05, 0.1) is 18.1 Å². The van der Waals surface area contributed by atoms with Crippen molar-refractivity contribution < 1.29 is 21.8 Å². The molecule has 0 bridgehead atoms. The SMILES string of the molecule is N#C/C(=C\N)C(=O)c1cc2cc(C3CC3)c(OS(=O)(=O)CCCF)cc2[nH]1. The van der Waals surface area contributed by atoms with Crippen LogP contribution in [0.15, 0.2) is 30.0 Å². The van der Waals surface area contributed by atoms with Crippen molar-refractivity contribution in [2.45, 2.75) is 25.2 Å². The van der Waals surface area contributed by atoms with Gasteiger partial charge in [-0.2, -0.15) is 13.7 Å². The molecule has 1 aromatic carbocycles. The zero-order valence-corrected chi connectivity index (χ0v) is 15.2. The monoisotopic (exact) mass is 391 g/mol. The average molecular weight is 391 g/mol. The van der Waals surface area contributed by atoms with Crippen LogP contribution >= 0.6 is 0 Å². The number of aromatic nitrogens is 1. The van der Waals surface area contributed by atoms with E-state index in [0.717, 1.165) is 24.6 Å². The van der Waals surface area contributed by atoms with Gasteiger partial charge in [-0.05, 0) is 42.9 Å². The first-order valence-corrected chi connectivity index (χ1v) is 9.97. The van der Waals surface area contributed by atoms with Crippen LogP contribution in [0.5, 0.6) is 5.75 Å². The number of Topliss-reactive ketones (excluding diaryl/α,β-unsaturated/α-hetero) is 1. The van der Waals surface area contributed by atoms with Crippen LogP contribution in [0.2, 0.25) is 0 Å². The first kappa shape index (κ1) is 18.9. The van der Waals surface area contributed by atoms with Gasteiger partial charge in [-0.15, -0.1) is 0 Å². The van der Waals surface area contributed by atoms with E-state index in [1.807, 2.05) is 0 Å². The van der Waals surface area contributed by atoms with Crippen LogP contribution in [0.25, 0.3) is 10.9 Å². The molecule has 0 amide bonds. The van der Waals surface area contributed by atoms with Gasteiger partial charge in [0, 0.05) is 23.2 Å². The number of nitrogens with zero attached hydrogens (tertiary/aromatic N) is 1. The number of rotatable bonds is 8. The maximum Gasteiger partial charge on any atom is 0.309 e. The number of carbonyl (C=O) groups excluding carboxylic acids is 1. The summed E-state index contributed by atoms with van der Waals surface area (Å²) in [5.74, 6) is -0.595. The minimum atomic E-state index is -3.91. The topological polar surface area (TPSA) is 126 Å². The summed E-state index contributed by atoms with van der Waals surface area (Å²) in [5, 5.41) is 9.65. The van der Waals surface area contributed by atoms with E-state index in [1.165, 1.54) is 6.07 Å². The van der Waals surface area contributed by atoms with E-state index in [-0.39, 0.29) is 29.4 Å². The summed E-state index contributed by atoms with van der Waals surface area (Å²) in [4.78, 5) is 15.1. The van der Waals surface area contributed by atoms with E-state index in [1.54, 1.807) is 18.2 Å². The highest BCUT2D eigenvalue weighted by atomic mass is 32.2. The number of nitrogens with one attached hydrogen (secondary N) is 1. The minimum Gasteiger partial charge on any atom is -0.403 e. The van der Waals surface area contributed by atoms with Crippen LogP contribution in [0.3, 0.4) is 0 Å². The zero-order valence-electron chi connectivity index (χ0n) is 14.4. The highest BCUT2D eigenvalue weighted by Crippen LogP contribution is 2.46. The predicted molar refractivity (Wildman–Crippen MR) is 97.5 cm³/mol. The van der Waals surface area contributed by atoms with Crippen molar-refractivity contribution in [3.63, 3.8) is 0 Å². The molecule has 0 radical (unpaired) electrons. The summed E-state index contributed by atoms with van der Waals surface area (Å²) >= 11 is 0. The molecule has 0 aliphatic heterocycles. The maximum atomic E-state index is 12.3. The lowest BCUT2D eigenvalue weighted by atomic mass is 10.1. The third kappa shape index (κ3) is 4.11. The Kier molecular flexibility index (Phi) is 5.19. The van der Waals surface area contributed by atoms with Crippen molar-refractivity contribution in [2.75, 3.05) is 12.4 Å². The van der Waals surface area contributed by atoms with Gasteiger partial charge in [-0.3, -0.25) is 9.18 Å². The van der Waals surface area contributed by atoms with E-state index in [9.17, 15) is 17.6 Å². The molecule has 1 saturated carbocycles. The lowest BCUT2D eigenvalue weighted by Crippen LogP contribution is -2.15. The Labute approximate surface area is 155 Å². The Morgan fingerprint density at radius 2 is 2.15 bits per heavy atom. The molecular weight excluding hydrogens is 373 g/mol. The van der Waals surface area contributed by atoms with E-state index in [0.29, 0.717) is 10.9 Å². The normalized spacial score (nSPS) is 14.9. The molecular formula is C18H18FN3O4S. The van der Waals surface area contributed by atoms with Crippen molar-refractivity contribution in [1.29, 1.82) is 5.26 Å². The number of nitriles is 1. The van der Waals surface area contributed by atoms with E-state index < -0.39 is 28.3 Å². The number of aromatic amines is 1. The molecule has 3 N–H and O–H groups in total. The zero-order chi connectivity index (χ0) is 19.6. The van der Waals surface area contributed by atoms with Crippen molar-refractivity contribution in [3.05, 3.63) is 41.2 Å². The average Bonchev–Trinajstić information content (AvgIpc) is 3.39. The van der Waals surface area contributed by atoms with Crippen LogP contribution in [0, 0.1) is 11.3 Å². The molecule has 1 aliphatic rings. The van der Waals surface area contributed by atoms with E-state index in [2.05, 4.69) is 4.98 Å². The van der Waals surface area contributed by atoms with E-state index in [4.69, 9.17) is 15.2 Å². The molecule has 3 rings (SSSR count). The molecule has 0 atom stereocenters. The van der Waals surface area contributed by atoms with Gasteiger partial charge >= 0.3 is 10.1 Å². The van der Waals surface area contributed by atoms with Crippen LogP contribution in [-0.2, 0) is 10.1 Å². The van der Waals surface area contributed by atoms with Crippen molar-refractivity contribution in [1.82, 2.24) is 4.98 Å². The maximum absolute atomic E-state index is 12.3. The summed E-state index contributed by atoms with van der Waals surface area (Å²) in [6.45, 7) is -0.741. The third-order valence-corrected chi connectivity index (χ3v) is 5.51. The second-order valence-corrected chi connectivity index (χ2v) is 8.03. The highest BCUT2D eigenvalue weighted by Gasteiger charge is 2.29. The second-order valence-electron chi connectivity index (χ2n) is 6.34. The van der Waals surface area contributed by atoms with Crippen LogP contribution in [0.4, 0.5) is 4.39 Å².